The summed E-state index contributed by atoms with van der Waals surface area (Å²) in [6.07, 6.45) is 5.48. The second kappa shape index (κ2) is 10.6. The molecule has 0 aromatic heterocycles. The molecular weight excluding hydrogens is 376 g/mol. The van der Waals surface area contributed by atoms with E-state index in [9.17, 15) is 24.6 Å². The van der Waals surface area contributed by atoms with Gasteiger partial charge in [-0.2, -0.15) is 0 Å². The van der Waals surface area contributed by atoms with Crippen LogP contribution in [-0.2, 0) is 14.3 Å². The van der Waals surface area contributed by atoms with Crippen molar-refractivity contribution in [1.29, 1.82) is 0 Å². The number of phenols is 1. The lowest BCUT2D eigenvalue weighted by molar-refractivity contribution is -0.152. The molecule has 0 aliphatic carbocycles. The number of aliphatic hydroxyl groups excluding tert-OH is 1. The zero-order valence-electron chi connectivity index (χ0n) is 16.5. The topological polar surface area (TPSA) is 130 Å². The fourth-order valence-corrected chi connectivity index (χ4v) is 3.12. The average molecular weight is 404 g/mol. The second-order valence-electron chi connectivity index (χ2n) is 7.20. The molecule has 2 amide bonds. The van der Waals surface area contributed by atoms with E-state index in [0.717, 1.165) is 12.8 Å². The molecule has 1 aliphatic rings. The van der Waals surface area contributed by atoms with Crippen LogP contribution in [0, 0.1) is 0 Å². The van der Waals surface area contributed by atoms with E-state index in [4.69, 9.17) is 10.5 Å². The van der Waals surface area contributed by atoms with E-state index in [1.807, 2.05) is 0 Å². The highest BCUT2D eigenvalue weighted by Crippen LogP contribution is 2.21. The number of benzene rings is 1. The minimum Gasteiger partial charge on any atom is -0.508 e. The number of carbonyl (C=O) groups is 3. The highest BCUT2D eigenvalue weighted by atomic mass is 16.5. The minimum atomic E-state index is -1.11. The smallest absolute Gasteiger partial charge is 0.329 e. The number of nitrogens with two attached hydrogens (primary N) is 1. The first-order valence-electron chi connectivity index (χ1n) is 9.76. The molecule has 8 nitrogen and oxygen atoms in total. The third-order valence-corrected chi connectivity index (χ3v) is 4.82. The van der Waals surface area contributed by atoms with Crippen LogP contribution in [-0.4, -0.2) is 51.1 Å². The van der Waals surface area contributed by atoms with E-state index in [1.165, 1.54) is 29.2 Å². The van der Waals surface area contributed by atoms with E-state index in [2.05, 4.69) is 0 Å². The van der Waals surface area contributed by atoms with Crippen molar-refractivity contribution in [3.05, 3.63) is 42.1 Å². The maximum atomic E-state index is 12.6. The molecule has 158 valence electrons. The van der Waals surface area contributed by atoms with Crippen molar-refractivity contribution in [3.8, 4) is 5.75 Å². The lowest BCUT2D eigenvalue weighted by Gasteiger charge is -2.24. The van der Waals surface area contributed by atoms with Crippen molar-refractivity contribution in [1.82, 2.24) is 4.90 Å². The first kappa shape index (κ1) is 22.4. The predicted molar refractivity (Wildman–Crippen MR) is 106 cm³/mol. The highest BCUT2D eigenvalue weighted by molar-refractivity contribution is 5.98. The molecule has 4 N–H and O–H groups in total. The fourth-order valence-electron chi connectivity index (χ4n) is 3.12. The van der Waals surface area contributed by atoms with Crippen LogP contribution < -0.4 is 5.73 Å². The maximum absolute atomic E-state index is 12.6. The van der Waals surface area contributed by atoms with Gasteiger partial charge in [0.25, 0.3) is 5.91 Å². The van der Waals surface area contributed by atoms with E-state index in [0.29, 0.717) is 31.2 Å². The van der Waals surface area contributed by atoms with E-state index in [1.54, 1.807) is 19.2 Å². The van der Waals surface area contributed by atoms with Gasteiger partial charge in [0.2, 0.25) is 5.91 Å². The zero-order valence-corrected chi connectivity index (χ0v) is 16.5. The third kappa shape index (κ3) is 6.60. The van der Waals surface area contributed by atoms with E-state index in [-0.39, 0.29) is 17.8 Å². The number of hydrogen-bond acceptors (Lipinski definition) is 6. The lowest BCUT2D eigenvalue weighted by atomic mass is 10.1. The number of phenolic OH excluding ortho intramolecular Hbond substituents is 1. The molecule has 0 bridgehead atoms. The van der Waals surface area contributed by atoms with Gasteiger partial charge in [0.15, 0.2) is 0 Å². The Bertz CT molecular complexity index is 746. The number of amides is 2. The Morgan fingerprint density at radius 2 is 1.83 bits per heavy atom. The molecule has 2 rings (SSSR count). The Labute approximate surface area is 169 Å². The van der Waals surface area contributed by atoms with Gasteiger partial charge in [0.1, 0.15) is 17.9 Å². The third-order valence-electron chi connectivity index (χ3n) is 4.82. The highest BCUT2D eigenvalue weighted by Gasteiger charge is 2.33. The van der Waals surface area contributed by atoms with Crippen LogP contribution in [0.3, 0.4) is 0 Å². The van der Waals surface area contributed by atoms with Crippen molar-refractivity contribution in [3.63, 3.8) is 0 Å². The van der Waals surface area contributed by atoms with Gasteiger partial charge in [-0.3, -0.25) is 9.59 Å². The summed E-state index contributed by atoms with van der Waals surface area (Å²) in [7, 11) is 0. The van der Waals surface area contributed by atoms with Crippen LogP contribution in [0.25, 0.3) is 0 Å². The quantitative estimate of drug-likeness (QED) is 0.403. The van der Waals surface area contributed by atoms with Gasteiger partial charge < -0.3 is 25.6 Å². The number of unbranched alkanes of at least 4 members (excludes halogenated alkanes) is 2. The first-order valence-corrected chi connectivity index (χ1v) is 9.76. The van der Waals surface area contributed by atoms with Gasteiger partial charge >= 0.3 is 5.97 Å². The predicted octanol–water partition coefficient (Wildman–Crippen LogP) is 1.85. The number of primary amides is 1. The van der Waals surface area contributed by atoms with E-state index < -0.39 is 24.0 Å². The number of hydrogen-bond donors (Lipinski definition) is 3. The summed E-state index contributed by atoms with van der Waals surface area (Å²) in [6, 6.07) is 5.15. The second-order valence-corrected chi connectivity index (χ2v) is 7.20. The van der Waals surface area contributed by atoms with Gasteiger partial charge in [-0.15, -0.1) is 0 Å². The van der Waals surface area contributed by atoms with Crippen LogP contribution in [0.4, 0.5) is 0 Å². The summed E-state index contributed by atoms with van der Waals surface area (Å²) < 4.78 is 5.50. The Morgan fingerprint density at radius 1 is 1.17 bits per heavy atom. The molecule has 1 heterocycles. The van der Waals surface area contributed by atoms with Crippen molar-refractivity contribution < 1.29 is 29.3 Å². The zero-order chi connectivity index (χ0) is 21.4. The number of carbonyl (C=O) groups excluding carboxylic acids is 3. The number of ether oxygens (including phenoxy) is 1. The summed E-state index contributed by atoms with van der Waals surface area (Å²) in [5.41, 5.74) is 5.37. The summed E-state index contributed by atoms with van der Waals surface area (Å²) in [6.45, 7) is 1.80. The normalized spacial score (nSPS) is 17.7. The average Bonchev–Trinajstić information content (AvgIpc) is 3.17. The number of aliphatic hydroxyl groups is 1. The van der Waals surface area contributed by atoms with Crippen LogP contribution >= 0.6 is 0 Å². The van der Waals surface area contributed by atoms with Crippen molar-refractivity contribution in [2.45, 2.75) is 63.7 Å². The molecular formula is C21H28N2O6. The Morgan fingerprint density at radius 3 is 2.48 bits per heavy atom. The van der Waals surface area contributed by atoms with Gasteiger partial charge in [0, 0.05) is 11.8 Å². The molecule has 0 unspecified atom stereocenters. The Balaban J connectivity index is 1.78. The summed E-state index contributed by atoms with van der Waals surface area (Å²) >= 11 is 0. The first-order chi connectivity index (χ1) is 13.8. The van der Waals surface area contributed by atoms with Crippen LogP contribution in [0.2, 0.25) is 0 Å². The van der Waals surface area contributed by atoms with Gasteiger partial charge in [-0.05, 0) is 56.9 Å². The molecule has 0 saturated carbocycles. The van der Waals surface area contributed by atoms with Crippen molar-refractivity contribution in [2.24, 2.45) is 5.73 Å². The van der Waals surface area contributed by atoms with Gasteiger partial charge in [-0.1, -0.05) is 18.9 Å². The number of nitrogens with zero attached hydrogens (tertiary/aromatic N) is 1. The van der Waals surface area contributed by atoms with Crippen LogP contribution in [0.15, 0.2) is 36.5 Å². The van der Waals surface area contributed by atoms with Gasteiger partial charge in [0.05, 0.1) is 6.10 Å². The number of esters is 1. The molecule has 29 heavy (non-hydrogen) atoms. The Kier molecular flexibility index (Phi) is 8.21. The molecule has 1 aromatic rings. The Hall–Kier alpha value is -2.87. The van der Waals surface area contributed by atoms with Crippen molar-refractivity contribution in [2.75, 3.05) is 0 Å². The molecule has 0 spiro atoms. The molecule has 0 saturated heterocycles. The molecule has 1 aliphatic heterocycles. The molecule has 3 atom stereocenters. The minimum absolute atomic E-state index is 0.0624. The largest absolute Gasteiger partial charge is 0.508 e. The fraction of sp³-hybridized carbons (Fsp3) is 0.476. The molecule has 0 fully saturated rings. The maximum Gasteiger partial charge on any atom is 0.329 e. The summed E-state index contributed by atoms with van der Waals surface area (Å²) in [5, 5.41) is 18.7. The van der Waals surface area contributed by atoms with Crippen LogP contribution in [0.5, 0.6) is 5.75 Å². The van der Waals surface area contributed by atoms with Crippen molar-refractivity contribution >= 4 is 17.8 Å². The van der Waals surface area contributed by atoms with Crippen LogP contribution in [0.1, 0.15) is 55.8 Å². The lowest BCUT2D eigenvalue weighted by Crippen LogP contribution is -2.40. The monoisotopic (exact) mass is 404 g/mol. The standard InChI is InChI=1S/C21H28N2O6/c1-14(6-3-2-4-8-18(25)19(22)26)29-21(28)17-7-5-13-23(17)20(27)15-9-11-16(24)12-10-15/h5,9-14,17-18,24-25H,2-4,6-8H2,1H3,(H2,22,26)/t14-,17+,18-/m1/s1. The number of rotatable bonds is 10. The molecule has 1 aromatic carbocycles. The SMILES string of the molecule is C[C@H](CCCCC[C@@H](O)C(N)=O)OC(=O)[C@@H]1CC=CN1C(=O)c1ccc(O)cc1. The molecule has 0 radical (unpaired) electrons. The summed E-state index contributed by atoms with van der Waals surface area (Å²) in [4.78, 5) is 37.3. The molecule has 8 heteroatoms. The van der Waals surface area contributed by atoms with E-state index >= 15 is 0 Å². The van der Waals surface area contributed by atoms with Gasteiger partial charge in [-0.25, -0.2) is 4.79 Å². The number of aromatic hydroxyl groups is 1. The summed E-state index contributed by atoms with van der Waals surface area (Å²) in [5.74, 6) is -1.45.